The van der Waals surface area contributed by atoms with Crippen molar-refractivity contribution in [1.82, 2.24) is 10.2 Å². The van der Waals surface area contributed by atoms with E-state index in [1.165, 1.54) is 5.56 Å². The van der Waals surface area contributed by atoms with Crippen LogP contribution in [0.15, 0.2) is 54.6 Å². The minimum atomic E-state index is -0.508. The van der Waals surface area contributed by atoms with E-state index in [-0.39, 0.29) is 17.9 Å². The van der Waals surface area contributed by atoms with Crippen LogP contribution in [-0.4, -0.2) is 28.8 Å². The summed E-state index contributed by atoms with van der Waals surface area (Å²) in [7, 11) is 0. The molecule has 4 heteroatoms. The normalized spacial score (nSPS) is 15.1. The number of carbonyl (C=O) groups excluding carboxylic acids is 2. The highest BCUT2D eigenvalue weighted by molar-refractivity contribution is 5.88. The molecular weight excluding hydrogens is 360 g/mol. The van der Waals surface area contributed by atoms with Crippen molar-refractivity contribution < 1.29 is 9.59 Å². The first-order chi connectivity index (χ1) is 14.1. The van der Waals surface area contributed by atoms with Gasteiger partial charge in [0.25, 0.3) is 0 Å². The lowest BCUT2D eigenvalue weighted by atomic mass is 10.0. The van der Waals surface area contributed by atoms with Gasteiger partial charge in [0.2, 0.25) is 11.8 Å². The Kier molecular flexibility index (Phi) is 7.45. The van der Waals surface area contributed by atoms with Crippen LogP contribution in [0.4, 0.5) is 0 Å². The highest BCUT2D eigenvalue weighted by Crippen LogP contribution is 2.20. The average molecular weight is 393 g/mol. The van der Waals surface area contributed by atoms with Crippen LogP contribution in [0.2, 0.25) is 0 Å². The molecule has 3 rings (SSSR count). The Hall–Kier alpha value is -2.62. The topological polar surface area (TPSA) is 49.4 Å². The zero-order valence-electron chi connectivity index (χ0n) is 17.6. The third-order valence-corrected chi connectivity index (χ3v) is 5.75. The van der Waals surface area contributed by atoms with Crippen LogP contribution in [0.25, 0.3) is 0 Å². The quantitative estimate of drug-likeness (QED) is 0.724. The lowest BCUT2D eigenvalue weighted by Crippen LogP contribution is -2.52. The molecule has 2 aromatic carbocycles. The maximum absolute atomic E-state index is 13.3. The monoisotopic (exact) mass is 392 g/mol. The second-order valence-corrected chi connectivity index (χ2v) is 8.06. The molecule has 2 amide bonds. The largest absolute Gasteiger partial charge is 0.352 e. The van der Waals surface area contributed by atoms with E-state index in [1.807, 2.05) is 56.3 Å². The molecule has 0 heterocycles. The SMILES string of the molecule is CCC(=O)N(Cc1ccc(C)cc1)[C@@H](Cc1ccccc1)C(=O)NC1CCCC1. The number of rotatable bonds is 8. The van der Waals surface area contributed by atoms with Crippen molar-refractivity contribution in [2.24, 2.45) is 0 Å². The van der Waals surface area contributed by atoms with Crippen LogP contribution < -0.4 is 5.32 Å². The number of carbonyl (C=O) groups is 2. The Morgan fingerprint density at radius 2 is 1.66 bits per heavy atom. The fraction of sp³-hybridized carbons (Fsp3) is 0.440. The molecule has 0 bridgehead atoms. The molecule has 1 aliphatic rings. The lowest BCUT2D eigenvalue weighted by molar-refractivity contribution is -0.141. The van der Waals surface area contributed by atoms with E-state index >= 15 is 0 Å². The van der Waals surface area contributed by atoms with Crippen LogP contribution in [0, 0.1) is 6.92 Å². The molecule has 0 aliphatic heterocycles. The lowest BCUT2D eigenvalue weighted by Gasteiger charge is -2.32. The Morgan fingerprint density at radius 1 is 1.00 bits per heavy atom. The maximum Gasteiger partial charge on any atom is 0.243 e. The van der Waals surface area contributed by atoms with Gasteiger partial charge < -0.3 is 10.2 Å². The van der Waals surface area contributed by atoms with Crippen LogP contribution >= 0.6 is 0 Å². The van der Waals surface area contributed by atoms with Gasteiger partial charge in [-0.1, -0.05) is 79.9 Å². The maximum atomic E-state index is 13.3. The van der Waals surface area contributed by atoms with Crippen molar-refractivity contribution in [3.05, 3.63) is 71.3 Å². The third-order valence-electron chi connectivity index (χ3n) is 5.75. The fourth-order valence-corrected chi connectivity index (χ4v) is 4.01. The van der Waals surface area contributed by atoms with E-state index in [0.717, 1.165) is 36.8 Å². The number of aryl methyl sites for hydroxylation is 1. The van der Waals surface area contributed by atoms with Gasteiger partial charge in [-0.05, 0) is 30.9 Å². The van der Waals surface area contributed by atoms with E-state index in [4.69, 9.17) is 0 Å². The number of nitrogens with one attached hydrogen (secondary N) is 1. The van der Waals surface area contributed by atoms with Gasteiger partial charge in [-0.25, -0.2) is 0 Å². The zero-order valence-corrected chi connectivity index (χ0v) is 17.6. The van der Waals surface area contributed by atoms with Gasteiger partial charge in [0.15, 0.2) is 0 Å². The number of amides is 2. The summed E-state index contributed by atoms with van der Waals surface area (Å²) in [6.45, 7) is 4.35. The van der Waals surface area contributed by atoms with Gasteiger partial charge in [0.1, 0.15) is 6.04 Å². The number of benzene rings is 2. The number of nitrogens with zero attached hydrogens (tertiary/aromatic N) is 1. The molecule has 154 valence electrons. The van der Waals surface area contributed by atoms with E-state index in [1.54, 1.807) is 4.90 Å². The van der Waals surface area contributed by atoms with E-state index in [0.29, 0.717) is 19.4 Å². The van der Waals surface area contributed by atoms with Crippen molar-refractivity contribution in [2.75, 3.05) is 0 Å². The molecule has 0 saturated heterocycles. The second-order valence-electron chi connectivity index (χ2n) is 8.06. The Morgan fingerprint density at radius 3 is 2.28 bits per heavy atom. The van der Waals surface area contributed by atoms with Gasteiger partial charge in [0, 0.05) is 25.4 Å². The molecule has 1 fully saturated rings. The summed E-state index contributed by atoms with van der Waals surface area (Å²) in [5.74, 6) is -0.0252. The molecule has 29 heavy (non-hydrogen) atoms. The minimum Gasteiger partial charge on any atom is -0.352 e. The van der Waals surface area contributed by atoms with E-state index < -0.39 is 6.04 Å². The molecule has 1 N–H and O–H groups in total. The molecular formula is C25H32N2O2. The zero-order chi connectivity index (χ0) is 20.6. The van der Waals surface area contributed by atoms with Gasteiger partial charge in [0.05, 0.1) is 0 Å². The summed E-state index contributed by atoms with van der Waals surface area (Å²) in [6, 6.07) is 17.9. The van der Waals surface area contributed by atoms with Crippen LogP contribution in [0.5, 0.6) is 0 Å². The van der Waals surface area contributed by atoms with E-state index in [9.17, 15) is 9.59 Å². The summed E-state index contributed by atoms with van der Waals surface area (Å²) in [6.07, 6.45) is 5.29. The summed E-state index contributed by atoms with van der Waals surface area (Å²) in [5.41, 5.74) is 3.29. The smallest absolute Gasteiger partial charge is 0.243 e. The molecule has 1 atom stereocenters. The number of hydrogen-bond donors (Lipinski definition) is 1. The molecule has 0 unspecified atom stereocenters. The first-order valence-corrected chi connectivity index (χ1v) is 10.8. The molecule has 0 radical (unpaired) electrons. The van der Waals surface area contributed by atoms with Gasteiger partial charge in [-0.2, -0.15) is 0 Å². The highest BCUT2D eigenvalue weighted by atomic mass is 16.2. The highest BCUT2D eigenvalue weighted by Gasteiger charge is 2.31. The third kappa shape index (κ3) is 5.93. The Bertz CT molecular complexity index is 795. The molecule has 1 saturated carbocycles. The van der Waals surface area contributed by atoms with Crippen molar-refractivity contribution >= 4 is 11.8 Å². The van der Waals surface area contributed by atoms with Crippen molar-refractivity contribution in [3.63, 3.8) is 0 Å². The number of hydrogen-bond acceptors (Lipinski definition) is 2. The van der Waals surface area contributed by atoms with Crippen molar-refractivity contribution in [3.8, 4) is 0 Å². The van der Waals surface area contributed by atoms with Crippen LogP contribution in [-0.2, 0) is 22.6 Å². The van der Waals surface area contributed by atoms with Gasteiger partial charge in [-0.15, -0.1) is 0 Å². The van der Waals surface area contributed by atoms with Crippen molar-refractivity contribution in [2.45, 2.75) is 71.0 Å². The van der Waals surface area contributed by atoms with Crippen LogP contribution in [0.3, 0.4) is 0 Å². The molecule has 4 nitrogen and oxygen atoms in total. The summed E-state index contributed by atoms with van der Waals surface area (Å²) < 4.78 is 0. The summed E-state index contributed by atoms with van der Waals surface area (Å²) in [4.78, 5) is 28.0. The minimum absolute atomic E-state index is 0.00748. The fourth-order valence-electron chi connectivity index (χ4n) is 4.01. The molecule has 0 spiro atoms. The molecule has 0 aromatic heterocycles. The van der Waals surface area contributed by atoms with Crippen molar-refractivity contribution in [1.29, 1.82) is 0 Å². The first kappa shape index (κ1) is 21.1. The standard InChI is InChI=1S/C25H32N2O2/c1-3-24(28)27(18-21-15-13-19(2)14-16-21)23(17-20-9-5-4-6-10-20)25(29)26-22-11-7-8-12-22/h4-6,9-10,13-16,22-23H,3,7-8,11-12,17-18H2,1-2H3,(H,26,29)/t23-/m0/s1. The summed E-state index contributed by atoms with van der Waals surface area (Å²) >= 11 is 0. The average Bonchev–Trinajstić information content (AvgIpc) is 3.25. The predicted molar refractivity (Wildman–Crippen MR) is 116 cm³/mol. The van der Waals surface area contributed by atoms with Gasteiger partial charge in [-0.3, -0.25) is 9.59 Å². The Labute approximate surface area is 174 Å². The predicted octanol–water partition coefficient (Wildman–Crippen LogP) is 4.40. The first-order valence-electron chi connectivity index (χ1n) is 10.8. The van der Waals surface area contributed by atoms with Crippen LogP contribution in [0.1, 0.15) is 55.7 Å². The summed E-state index contributed by atoms with van der Waals surface area (Å²) in [5, 5.41) is 3.22. The van der Waals surface area contributed by atoms with Gasteiger partial charge >= 0.3 is 0 Å². The molecule has 1 aliphatic carbocycles. The second kappa shape index (κ2) is 10.2. The Balaban J connectivity index is 1.86. The molecule has 2 aromatic rings. The van der Waals surface area contributed by atoms with E-state index in [2.05, 4.69) is 17.4 Å².